The number of nitrogens with zero attached hydrogens (tertiary/aromatic N) is 2. The lowest BCUT2D eigenvalue weighted by Crippen LogP contribution is -1.97. The number of rotatable bonds is 2. The molecule has 0 aliphatic heterocycles. The van der Waals surface area contributed by atoms with Crippen LogP contribution in [0.15, 0.2) is 12.3 Å². The van der Waals surface area contributed by atoms with Gasteiger partial charge in [-0.3, -0.25) is 4.79 Å². The fraction of sp³-hybridized carbons (Fsp3) is 0.167. The van der Waals surface area contributed by atoms with E-state index in [-0.39, 0.29) is 5.69 Å². The highest BCUT2D eigenvalue weighted by atomic mass is 19.3. The Bertz CT molecular complexity index is 265. The van der Waals surface area contributed by atoms with Gasteiger partial charge in [-0.1, -0.05) is 0 Å². The van der Waals surface area contributed by atoms with Gasteiger partial charge < -0.3 is 0 Å². The fourth-order valence-electron chi connectivity index (χ4n) is 0.559. The first kappa shape index (κ1) is 7.71. The Balaban J connectivity index is 3.00. The Labute approximate surface area is 61.1 Å². The molecule has 0 spiro atoms. The van der Waals surface area contributed by atoms with Crippen LogP contribution in [0.3, 0.4) is 0 Å². The van der Waals surface area contributed by atoms with Gasteiger partial charge in [-0.15, -0.1) is 0 Å². The zero-order valence-corrected chi connectivity index (χ0v) is 5.37. The maximum Gasteiger partial charge on any atom is 0.297 e. The van der Waals surface area contributed by atoms with Crippen LogP contribution in [-0.4, -0.2) is 16.3 Å². The van der Waals surface area contributed by atoms with Crippen molar-refractivity contribution in [2.24, 2.45) is 0 Å². The minimum atomic E-state index is -2.73. The van der Waals surface area contributed by atoms with E-state index in [0.29, 0.717) is 6.29 Å². The number of alkyl halides is 2. The SMILES string of the molecule is O=Cc1ccnc(C(F)F)n1. The van der Waals surface area contributed by atoms with E-state index < -0.39 is 12.2 Å². The van der Waals surface area contributed by atoms with Crippen molar-refractivity contribution in [3.63, 3.8) is 0 Å². The summed E-state index contributed by atoms with van der Waals surface area (Å²) in [5, 5.41) is 0. The number of carbonyl (C=O) groups excluding carboxylic acids is 1. The molecule has 5 heteroatoms. The van der Waals surface area contributed by atoms with Crippen LogP contribution in [0.25, 0.3) is 0 Å². The highest BCUT2D eigenvalue weighted by Crippen LogP contribution is 2.12. The van der Waals surface area contributed by atoms with Crippen LogP contribution in [0.2, 0.25) is 0 Å². The molecule has 0 atom stereocenters. The lowest BCUT2D eigenvalue weighted by Gasteiger charge is -1.95. The Hall–Kier alpha value is -1.39. The van der Waals surface area contributed by atoms with Crippen LogP contribution in [0.4, 0.5) is 8.78 Å². The van der Waals surface area contributed by atoms with E-state index >= 15 is 0 Å². The van der Waals surface area contributed by atoms with Crippen LogP contribution in [0.5, 0.6) is 0 Å². The number of aromatic nitrogens is 2. The van der Waals surface area contributed by atoms with Crippen LogP contribution in [-0.2, 0) is 0 Å². The van der Waals surface area contributed by atoms with Crippen LogP contribution in [0.1, 0.15) is 22.7 Å². The molecule has 0 aliphatic rings. The van der Waals surface area contributed by atoms with Gasteiger partial charge >= 0.3 is 0 Å². The number of hydrogen-bond donors (Lipinski definition) is 0. The summed E-state index contributed by atoms with van der Waals surface area (Å²) in [6.07, 6.45) is -1.21. The number of hydrogen-bond acceptors (Lipinski definition) is 3. The molecule has 11 heavy (non-hydrogen) atoms. The normalized spacial score (nSPS) is 10.1. The third kappa shape index (κ3) is 1.76. The van der Waals surface area contributed by atoms with Gasteiger partial charge in [0.25, 0.3) is 6.43 Å². The van der Waals surface area contributed by atoms with Crippen molar-refractivity contribution in [1.82, 2.24) is 9.97 Å². The first-order chi connectivity index (χ1) is 5.24. The zero-order chi connectivity index (χ0) is 8.27. The van der Waals surface area contributed by atoms with Gasteiger partial charge in [0, 0.05) is 6.20 Å². The molecule has 1 aromatic rings. The van der Waals surface area contributed by atoms with Gasteiger partial charge in [-0.25, -0.2) is 18.7 Å². The van der Waals surface area contributed by atoms with E-state index in [1.165, 1.54) is 6.07 Å². The lowest BCUT2D eigenvalue weighted by atomic mass is 10.4. The minimum Gasteiger partial charge on any atom is -0.296 e. The standard InChI is InChI=1S/C6H4F2N2O/c7-5(8)6-9-2-1-4(3-11)10-6/h1-3,5H. The first-order valence-corrected chi connectivity index (χ1v) is 2.80. The minimum absolute atomic E-state index is 0.0321. The van der Waals surface area contributed by atoms with E-state index in [0.717, 1.165) is 6.20 Å². The third-order valence-corrected chi connectivity index (χ3v) is 1.01. The summed E-state index contributed by atoms with van der Waals surface area (Å²) < 4.78 is 23.7. The molecule has 58 valence electrons. The maximum atomic E-state index is 11.8. The Morgan fingerprint density at radius 1 is 1.55 bits per heavy atom. The van der Waals surface area contributed by atoms with Gasteiger partial charge in [0.15, 0.2) is 12.1 Å². The summed E-state index contributed by atoms with van der Waals surface area (Å²) >= 11 is 0. The van der Waals surface area contributed by atoms with E-state index in [1.807, 2.05) is 0 Å². The van der Waals surface area contributed by atoms with Crippen molar-refractivity contribution in [2.45, 2.75) is 6.43 Å². The van der Waals surface area contributed by atoms with Gasteiger partial charge in [0.1, 0.15) is 5.69 Å². The summed E-state index contributed by atoms with van der Waals surface area (Å²) in [6, 6.07) is 1.26. The molecule has 0 N–H and O–H groups in total. The second kappa shape index (κ2) is 3.14. The topological polar surface area (TPSA) is 42.9 Å². The van der Waals surface area contributed by atoms with Gasteiger partial charge in [0.05, 0.1) is 0 Å². The van der Waals surface area contributed by atoms with E-state index in [1.54, 1.807) is 0 Å². The average molecular weight is 158 g/mol. The van der Waals surface area contributed by atoms with E-state index in [2.05, 4.69) is 9.97 Å². The summed E-state index contributed by atoms with van der Waals surface area (Å²) in [6.45, 7) is 0. The van der Waals surface area contributed by atoms with Crippen molar-refractivity contribution in [2.75, 3.05) is 0 Å². The highest BCUT2D eigenvalue weighted by Gasteiger charge is 2.09. The molecule has 1 rings (SSSR count). The summed E-state index contributed by atoms with van der Waals surface area (Å²) in [5.41, 5.74) is -0.0321. The van der Waals surface area contributed by atoms with Crippen molar-refractivity contribution in [3.8, 4) is 0 Å². The second-order valence-corrected chi connectivity index (χ2v) is 1.76. The summed E-state index contributed by atoms with van der Waals surface area (Å²) in [5.74, 6) is -0.616. The molecule has 1 aromatic heterocycles. The molecule has 0 unspecified atom stereocenters. The number of carbonyl (C=O) groups is 1. The predicted octanol–water partition coefficient (Wildman–Crippen LogP) is 1.23. The highest BCUT2D eigenvalue weighted by molar-refractivity contribution is 5.71. The summed E-state index contributed by atoms with van der Waals surface area (Å²) in [7, 11) is 0. The van der Waals surface area contributed by atoms with Crippen molar-refractivity contribution < 1.29 is 13.6 Å². The monoisotopic (exact) mass is 158 g/mol. The Morgan fingerprint density at radius 2 is 2.27 bits per heavy atom. The molecule has 0 bridgehead atoms. The molecule has 0 radical (unpaired) electrons. The molecule has 0 fully saturated rings. The first-order valence-electron chi connectivity index (χ1n) is 2.80. The zero-order valence-electron chi connectivity index (χ0n) is 5.37. The molecule has 0 aliphatic carbocycles. The van der Waals surface area contributed by atoms with E-state index in [4.69, 9.17) is 0 Å². The van der Waals surface area contributed by atoms with Gasteiger partial charge in [-0.05, 0) is 6.07 Å². The quantitative estimate of drug-likeness (QED) is 0.608. The van der Waals surface area contributed by atoms with Gasteiger partial charge in [0.2, 0.25) is 0 Å². The van der Waals surface area contributed by atoms with E-state index in [9.17, 15) is 13.6 Å². The van der Waals surface area contributed by atoms with Crippen molar-refractivity contribution in [3.05, 3.63) is 23.8 Å². The second-order valence-electron chi connectivity index (χ2n) is 1.76. The lowest BCUT2D eigenvalue weighted by molar-refractivity contribution is 0.111. The summed E-state index contributed by atoms with van der Waals surface area (Å²) in [4.78, 5) is 16.6. The third-order valence-electron chi connectivity index (χ3n) is 1.01. The van der Waals surface area contributed by atoms with Crippen molar-refractivity contribution in [1.29, 1.82) is 0 Å². The smallest absolute Gasteiger partial charge is 0.296 e. The largest absolute Gasteiger partial charge is 0.297 e. The van der Waals surface area contributed by atoms with Crippen LogP contribution >= 0.6 is 0 Å². The molecule has 0 saturated carbocycles. The van der Waals surface area contributed by atoms with Crippen molar-refractivity contribution >= 4 is 6.29 Å². The van der Waals surface area contributed by atoms with Gasteiger partial charge in [-0.2, -0.15) is 0 Å². The van der Waals surface area contributed by atoms with Crippen LogP contribution < -0.4 is 0 Å². The molecule has 3 nitrogen and oxygen atoms in total. The molecular formula is C6H4F2N2O. The number of halogens is 2. The Morgan fingerprint density at radius 3 is 2.82 bits per heavy atom. The van der Waals surface area contributed by atoms with Crippen LogP contribution in [0, 0.1) is 0 Å². The molecular weight excluding hydrogens is 154 g/mol. The molecule has 0 aromatic carbocycles. The fourth-order valence-corrected chi connectivity index (χ4v) is 0.559. The number of aldehydes is 1. The predicted molar refractivity (Wildman–Crippen MR) is 32.4 cm³/mol. The molecule has 0 saturated heterocycles. The molecule has 1 heterocycles. The molecule has 0 amide bonds. The maximum absolute atomic E-state index is 11.8. The average Bonchev–Trinajstić information content (AvgIpc) is 2.05. The Kier molecular flexibility index (Phi) is 2.20.